The highest BCUT2D eigenvalue weighted by atomic mass is 14.5. The Labute approximate surface area is 63.0 Å². The van der Waals surface area contributed by atoms with Crippen LogP contribution in [0.1, 0.15) is 38.5 Å². The van der Waals surface area contributed by atoms with Crippen molar-refractivity contribution in [3.63, 3.8) is 0 Å². The molecule has 2 bridgehead atoms. The zero-order valence-electron chi connectivity index (χ0n) is 6.55. The van der Waals surface area contributed by atoms with Gasteiger partial charge in [-0.25, -0.2) is 0 Å². The molecule has 56 valence electrons. The van der Waals surface area contributed by atoms with Crippen LogP contribution in [0.25, 0.3) is 0 Å². The van der Waals surface area contributed by atoms with E-state index < -0.39 is 0 Å². The molecule has 0 aromatic heterocycles. The fourth-order valence-corrected chi connectivity index (χ4v) is 3.37. The van der Waals surface area contributed by atoms with Crippen LogP contribution in [-0.2, 0) is 0 Å². The van der Waals surface area contributed by atoms with Gasteiger partial charge in [-0.3, -0.25) is 0 Å². The van der Waals surface area contributed by atoms with E-state index in [1.165, 1.54) is 23.7 Å². The predicted octanol–water partition coefficient (Wildman–Crippen LogP) is 2.83. The Morgan fingerprint density at radius 1 is 0.600 bits per heavy atom. The summed E-state index contributed by atoms with van der Waals surface area (Å²) in [5.74, 6) is 4.75. The first kappa shape index (κ1) is 5.62. The van der Waals surface area contributed by atoms with Crippen LogP contribution in [0.15, 0.2) is 0 Å². The summed E-state index contributed by atoms with van der Waals surface area (Å²) in [6.45, 7) is 0. The molecule has 0 aromatic rings. The number of hydrogen-bond acceptors (Lipinski definition) is 0. The molecule has 0 N–H and O–H groups in total. The lowest BCUT2D eigenvalue weighted by atomic mass is 9.71. The van der Waals surface area contributed by atoms with E-state index in [1.807, 2.05) is 0 Å². The minimum atomic E-state index is 1.18. The van der Waals surface area contributed by atoms with E-state index in [4.69, 9.17) is 0 Å². The average Bonchev–Trinajstić information content (AvgIpc) is 1.94. The quantitative estimate of drug-likeness (QED) is 0.480. The summed E-state index contributed by atoms with van der Waals surface area (Å²) in [4.78, 5) is 0. The first-order valence-electron chi connectivity index (χ1n) is 4.92. The Morgan fingerprint density at radius 3 is 1.50 bits per heavy atom. The van der Waals surface area contributed by atoms with E-state index in [-0.39, 0.29) is 0 Å². The topological polar surface area (TPSA) is 0 Å². The second-order valence-corrected chi connectivity index (χ2v) is 4.77. The van der Waals surface area contributed by atoms with Gasteiger partial charge in [-0.2, -0.15) is 0 Å². The zero-order chi connectivity index (χ0) is 6.55. The molecule has 10 heavy (non-hydrogen) atoms. The molecular weight excluding hydrogens is 120 g/mol. The third-order valence-electron chi connectivity index (χ3n) is 4.18. The molecule has 0 heterocycles. The lowest BCUT2D eigenvalue weighted by Crippen LogP contribution is -2.24. The minimum absolute atomic E-state index is 1.18. The lowest BCUT2D eigenvalue weighted by Gasteiger charge is -2.34. The van der Waals surface area contributed by atoms with Crippen LogP contribution in [0.4, 0.5) is 0 Å². The third-order valence-corrected chi connectivity index (χ3v) is 4.18. The van der Waals surface area contributed by atoms with Gasteiger partial charge in [-0.1, -0.05) is 0 Å². The lowest BCUT2D eigenvalue weighted by molar-refractivity contribution is 0.163. The normalized spacial score (nSPS) is 57.6. The van der Waals surface area contributed by atoms with Crippen LogP contribution < -0.4 is 0 Å². The van der Waals surface area contributed by atoms with Gasteiger partial charge in [0.2, 0.25) is 0 Å². The van der Waals surface area contributed by atoms with Gasteiger partial charge in [-0.15, -0.1) is 0 Å². The fourth-order valence-electron chi connectivity index (χ4n) is 3.37. The largest absolute Gasteiger partial charge is 0.0499 e. The van der Waals surface area contributed by atoms with Gasteiger partial charge in [0.25, 0.3) is 0 Å². The van der Waals surface area contributed by atoms with Crippen LogP contribution in [-0.4, -0.2) is 0 Å². The Bertz CT molecular complexity index is 128. The second-order valence-electron chi connectivity index (χ2n) is 4.77. The maximum atomic E-state index is 1.61. The molecule has 2 unspecified atom stereocenters. The Hall–Kier alpha value is 0. The standard InChI is InChI=1S/C10H16/c1-2-10-6-8-3-7(4-8)5-9(1)10/h7-10H,1-6H2. The molecule has 4 rings (SSSR count). The van der Waals surface area contributed by atoms with E-state index >= 15 is 0 Å². The highest BCUT2D eigenvalue weighted by Crippen LogP contribution is 2.54. The van der Waals surface area contributed by atoms with Crippen molar-refractivity contribution in [3.05, 3.63) is 0 Å². The van der Waals surface area contributed by atoms with E-state index in [1.54, 1.807) is 38.5 Å². The summed E-state index contributed by atoms with van der Waals surface area (Å²) in [6.07, 6.45) is 9.59. The first-order valence-corrected chi connectivity index (χ1v) is 4.92. The molecule has 4 aliphatic carbocycles. The summed E-state index contributed by atoms with van der Waals surface area (Å²) in [5.41, 5.74) is 0. The van der Waals surface area contributed by atoms with Crippen molar-refractivity contribution >= 4 is 0 Å². The van der Waals surface area contributed by atoms with Crippen LogP contribution in [0, 0.1) is 23.7 Å². The Kier molecular flexibility index (Phi) is 1.00. The van der Waals surface area contributed by atoms with Gasteiger partial charge >= 0.3 is 0 Å². The van der Waals surface area contributed by atoms with Gasteiger partial charge in [-0.05, 0) is 62.2 Å². The molecule has 0 aliphatic heterocycles. The Balaban J connectivity index is 1.78. The number of rotatable bonds is 0. The fraction of sp³-hybridized carbons (Fsp3) is 1.00. The van der Waals surface area contributed by atoms with E-state index in [9.17, 15) is 0 Å². The maximum Gasteiger partial charge on any atom is -0.0383 e. The van der Waals surface area contributed by atoms with Crippen molar-refractivity contribution in [2.45, 2.75) is 38.5 Å². The molecule has 2 atom stereocenters. The minimum Gasteiger partial charge on any atom is -0.0499 e. The molecule has 0 spiro atoms. The summed E-state index contributed by atoms with van der Waals surface area (Å²) in [7, 11) is 0. The van der Waals surface area contributed by atoms with Crippen molar-refractivity contribution in [1.82, 2.24) is 0 Å². The molecule has 4 aliphatic rings. The van der Waals surface area contributed by atoms with E-state index in [0.29, 0.717) is 0 Å². The van der Waals surface area contributed by atoms with E-state index in [2.05, 4.69) is 0 Å². The molecule has 0 radical (unpaired) electrons. The summed E-state index contributed by atoms with van der Waals surface area (Å²) in [5, 5.41) is 0. The van der Waals surface area contributed by atoms with Crippen LogP contribution in [0.5, 0.6) is 0 Å². The summed E-state index contributed by atoms with van der Waals surface area (Å²) >= 11 is 0. The average molecular weight is 136 g/mol. The second kappa shape index (κ2) is 1.78. The third kappa shape index (κ3) is 0.627. The molecule has 0 amide bonds. The van der Waals surface area contributed by atoms with Crippen molar-refractivity contribution in [2.75, 3.05) is 0 Å². The van der Waals surface area contributed by atoms with Crippen molar-refractivity contribution < 1.29 is 0 Å². The molecule has 0 heteroatoms. The van der Waals surface area contributed by atoms with Gasteiger partial charge in [0.1, 0.15) is 0 Å². The summed E-state index contributed by atoms with van der Waals surface area (Å²) in [6, 6.07) is 0. The van der Waals surface area contributed by atoms with Crippen LogP contribution in [0.3, 0.4) is 0 Å². The van der Waals surface area contributed by atoms with Gasteiger partial charge in [0.15, 0.2) is 0 Å². The first-order chi connectivity index (χ1) is 4.92. The predicted molar refractivity (Wildman–Crippen MR) is 41.7 cm³/mol. The number of hydrogen-bond donors (Lipinski definition) is 0. The monoisotopic (exact) mass is 136 g/mol. The zero-order valence-corrected chi connectivity index (χ0v) is 6.55. The molecule has 4 saturated carbocycles. The van der Waals surface area contributed by atoms with Gasteiger partial charge in [0, 0.05) is 0 Å². The van der Waals surface area contributed by atoms with E-state index in [0.717, 1.165) is 0 Å². The van der Waals surface area contributed by atoms with Gasteiger partial charge in [0.05, 0.1) is 0 Å². The SMILES string of the molecule is C1C2CC1CC1CCC1C2. The molecular formula is C10H16. The Morgan fingerprint density at radius 2 is 1.10 bits per heavy atom. The maximum absolute atomic E-state index is 1.61. The molecule has 0 saturated heterocycles. The smallest absolute Gasteiger partial charge is 0.0383 e. The van der Waals surface area contributed by atoms with Crippen LogP contribution >= 0.6 is 0 Å². The molecule has 0 aromatic carbocycles. The summed E-state index contributed by atoms with van der Waals surface area (Å²) < 4.78 is 0. The highest BCUT2D eigenvalue weighted by Gasteiger charge is 2.43. The van der Waals surface area contributed by atoms with Crippen molar-refractivity contribution in [1.29, 1.82) is 0 Å². The van der Waals surface area contributed by atoms with Gasteiger partial charge < -0.3 is 0 Å². The molecule has 4 fully saturated rings. The van der Waals surface area contributed by atoms with Crippen molar-refractivity contribution in [2.24, 2.45) is 23.7 Å². The highest BCUT2D eigenvalue weighted by molar-refractivity contribution is 4.94. The van der Waals surface area contributed by atoms with Crippen LogP contribution in [0.2, 0.25) is 0 Å². The molecule has 0 nitrogen and oxygen atoms in total. The van der Waals surface area contributed by atoms with Crippen molar-refractivity contribution in [3.8, 4) is 0 Å².